The number of benzene rings is 1. The Kier molecular flexibility index (Phi) is 7.27. The van der Waals surface area contributed by atoms with Crippen molar-refractivity contribution in [1.82, 2.24) is 15.2 Å². The van der Waals surface area contributed by atoms with Gasteiger partial charge >= 0.3 is 11.9 Å². The minimum atomic E-state index is -1.01. The van der Waals surface area contributed by atoms with Crippen molar-refractivity contribution in [3.8, 4) is 0 Å². The van der Waals surface area contributed by atoms with E-state index in [1.165, 1.54) is 24.3 Å². The number of aryl methyl sites for hydroxylation is 2. The molecule has 15 heteroatoms. The van der Waals surface area contributed by atoms with Crippen LogP contribution in [0.1, 0.15) is 42.6 Å². The minimum Gasteiger partial charge on any atom is -0.454 e. The second-order valence-corrected chi connectivity index (χ2v) is 7.94. The maximum atomic E-state index is 12.7. The minimum absolute atomic E-state index is 0.0439. The van der Waals surface area contributed by atoms with Crippen LogP contribution in [0.2, 0.25) is 0 Å². The average Bonchev–Trinajstić information content (AvgIpc) is 3.55. The predicted octanol–water partition coefficient (Wildman–Crippen LogP) is 0.853. The van der Waals surface area contributed by atoms with Crippen LogP contribution in [-0.4, -0.2) is 70.5 Å². The summed E-state index contributed by atoms with van der Waals surface area (Å²) in [6.45, 7) is 1.17. The molecule has 4 amide bonds. The molecule has 0 atom stereocenters. The van der Waals surface area contributed by atoms with Gasteiger partial charge in [-0.15, -0.1) is 0 Å². The lowest BCUT2D eigenvalue weighted by Crippen LogP contribution is -2.36. The number of nitrogens with zero attached hydrogens (tertiary/aromatic N) is 3. The molecule has 15 nitrogen and oxygen atoms in total. The number of anilines is 2. The Labute approximate surface area is 213 Å². The van der Waals surface area contributed by atoms with E-state index in [9.17, 15) is 28.8 Å². The maximum absolute atomic E-state index is 12.7. The average molecular weight is 525 g/mol. The fourth-order valence-corrected chi connectivity index (χ4v) is 3.30. The molecule has 196 valence electrons. The first-order valence-corrected chi connectivity index (χ1v) is 10.9. The number of rotatable bonds is 9. The van der Waals surface area contributed by atoms with Crippen LogP contribution < -0.4 is 10.6 Å². The van der Waals surface area contributed by atoms with Gasteiger partial charge in [-0.2, -0.15) is 0 Å². The summed E-state index contributed by atoms with van der Waals surface area (Å²) in [4.78, 5) is 74.3. The molecule has 0 unspecified atom stereocenters. The third kappa shape index (κ3) is 5.89. The highest BCUT2D eigenvalue weighted by atomic mass is 16.5. The largest absolute Gasteiger partial charge is 0.454 e. The van der Waals surface area contributed by atoms with Crippen molar-refractivity contribution in [1.29, 1.82) is 0 Å². The summed E-state index contributed by atoms with van der Waals surface area (Å²) in [5.41, 5.74) is -0.282. The second-order valence-electron chi connectivity index (χ2n) is 7.94. The van der Waals surface area contributed by atoms with Gasteiger partial charge in [-0.3, -0.25) is 28.9 Å². The zero-order chi connectivity index (χ0) is 27.4. The van der Waals surface area contributed by atoms with E-state index in [-0.39, 0.29) is 28.3 Å². The van der Waals surface area contributed by atoms with Gasteiger partial charge in [0.25, 0.3) is 23.6 Å². The predicted molar refractivity (Wildman–Crippen MR) is 123 cm³/mol. The lowest BCUT2D eigenvalue weighted by Gasteiger charge is -2.12. The molecular formula is C23H19N5O10. The summed E-state index contributed by atoms with van der Waals surface area (Å²) in [6.07, 6.45) is 0. The molecule has 0 fully saturated rings. The molecule has 0 bridgehead atoms. The van der Waals surface area contributed by atoms with Gasteiger partial charge in [0, 0.05) is 12.1 Å². The Balaban J connectivity index is 1.30. The molecular weight excluding hydrogens is 506 g/mol. The molecule has 1 aliphatic heterocycles. The highest BCUT2D eigenvalue weighted by molar-refractivity contribution is 6.22. The zero-order valence-corrected chi connectivity index (χ0v) is 19.9. The van der Waals surface area contributed by atoms with Crippen LogP contribution in [0.3, 0.4) is 0 Å². The fraction of sp³-hybridized carbons (Fsp3) is 0.217. The van der Waals surface area contributed by atoms with E-state index in [4.69, 9.17) is 18.5 Å². The van der Waals surface area contributed by atoms with Crippen molar-refractivity contribution >= 4 is 47.2 Å². The van der Waals surface area contributed by atoms with Gasteiger partial charge in [0.2, 0.25) is 0 Å². The lowest BCUT2D eigenvalue weighted by molar-refractivity contribution is -0.147. The number of fused-ring (bicyclic) bond motifs is 1. The summed E-state index contributed by atoms with van der Waals surface area (Å²) in [6, 6.07) is 6.51. The number of hydrogen-bond acceptors (Lipinski definition) is 12. The Bertz CT molecular complexity index is 1460. The maximum Gasteiger partial charge on any atom is 0.338 e. The monoisotopic (exact) mass is 525 g/mol. The third-order valence-electron chi connectivity index (χ3n) is 4.98. The zero-order valence-electron chi connectivity index (χ0n) is 19.9. The molecule has 1 aromatic carbocycles. The van der Waals surface area contributed by atoms with E-state index in [0.29, 0.717) is 16.4 Å². The Morgan fingerprint density at radius 1 is 0.816 bits per heavy atom. The Morgan fingerprint density at radius 2 is 1.37 bits per heavy atom. The first-order valence-electron chi connectivity index (χ1n) is 10.9. The smallest absolute Gasteiger partial charge is 0.338 e. The number of hydrogen-bond donors (Lipinski definition) is 2. The normalized spacial score (nSPS) is 12.2. The van der Waals surface area contributed by atoms with E-state index in [1.54, 1.807) is 13.8 Å². The second kappa shape index (κ2) is 10.7. The highest BCUT2D eigenvalue weighted by Crippen LogP contribution is 2.24. The number of carbonyl (C=O) groups is 6. The SMILES string of the molecule is Cc1cc(NC(=O)COC(=O)CN2C(=O)c3ccc(C(=O)OCC(=O)Nc4cc(C)on4)cc3C2=O)no1. The third-order valence-corrected chi connectivity index (χ3v) is 4.98. The number of ether oxygens (including phenoxy) is 2. The molecule has 0 aliphatic carbocycles. The van der Waals surface area contributed by atoms with E-state index < -0.39 is 55.3 Å². The van der Waals surface area contributed by atoms with Gasteiger partial charge in [-0.05, 0) is 32.0 Å². The van der Waals surface area contributed by atoms with Crippen molar-refractivity contribution in [3.05, 3.63) is 58.5 Å². The van der Waals surface area contributed by atoms with Gasteiger partial charge in [-0.1, -0.05) is 10.3 Å². The first kappa shape index (κ1) is 25.7. The molecule has 38 heavy (non-hydrogen) atoms. The van der Waals surface area contributed by atoms with Crippen LogP contribution in [0.15, 0.2) is 39.4 Å². The molecule has 0 radical (unpaired) electrons. The van der Waals surface area contributed by atoms with E-state index in [2.05, 4.69) is 20.9 Å². The molecule has 2 N–H and O–H groups in total. The number of amides is 4. The molecule has 4 rings (SSSR count). The Hall–Kier alpha value is -5.34. The number of esters is 2. The van der Waals surface area contributed by atoms with Gasteiger partial charge in [0.1, 0.15) is 18.1 Å². The van der Waals surface area contributed by atoms with Crippen molar-refractivity contribution in [3.63, 3.8) is 0 Å². The quantitative estimate of drug-likeness (QED) is 0.295. The summed E-state index contributed by atoms with van der Waals surface area (Å²) < 4.78 is 19.4. The van der Waals surface area contributed by atoms with Gasteiger partial charge in [0.15, 0.2) is 24.8 Å². The molecule has 1 aliphatic rings. The number of nitrogens with one attached hydrogen (secondary N) is 2. The fourth-order valence-electron chi connectivity index (χ4n) is 3.30. The standard InChI is InChI=1S/C23H19N5O10/c1-11-5-16(26-37-11)24-18(29)9-35-20(31)8-28-21(32)14-4-3-13(7-15(14)22(28)33)23(34)36-10-19(30)25-17-6-12(2)38-27-17/h3-7H,8-10H2,1-2H3,(H,24,26,29)(H,25,27,30). The van der Waals surface area contributed by atoms with Crippen LogP contribution in [0.5, 0.6) is 0 Å². The van der Waals surface area contributed by atoms with Crippen LogP contribution in [0, 0.1) is 13.8 Å². The van der Waals surface area contributed by atoms with Crippen molar-refractivity contribution in [2.24, 2.45) is 0 Å². The number of carbonyl (C=O) groups excluding carboxylic acids is 6. The molecule has 0 spiro atoms. The number of imide groups is 1. The van der Waals surface area contributed by atoms with Crippen molar-refractivity contribution in [2.45, 2.75) is 13.8 Å². The number of aromatic nitrogens is 2. The van der Waals surface area contributed by atoms with Crippen molar-refractivity contribution in [2.75, 3.05) is 30.4 Å². The van der Waals surface area contributed by atoms with E-state index >= 15 is 0 Å². The van der Waals surface area contributed by atoms with E-state index in [0.717, 1.165) is 6.07 Å². The topological polar surface area (TPSA) is 200 Å². The highest BCUT2D eigenvalue weighted by Gasteiger charge is 2.37. The van der Waals surface area contributed by atoms with Crippen LogP contribution >= 0.6 is 0 Å². The van der Waals surface area contributed by atoms with Crippen molar-refractivity contribution < 1.29 is 47.3 Å². The summed E-state index contributed by atoms with van der Waals surface area (Å²) >= 11 is 0. The molecule has 3 heterocycles. The Morgan fingerprint density at radius 3 is 1.92 bits per heavy atom. The van der Waals surface area contributed by atoms with E-state index in [1.807, 2.05) is 0 Å². The van der Waals surface area contributed by atoms with Crippen LogP contribution in [-0.2, 0) is 23.9 Å². The summed E-state index contributed by atoms with van der Waals surface area (Å²) in [5.74, 6) is -3.74. The molecule has 0 saturated carbocycles. The molecule has 2 aromatic heterocycles. The van der Waals surface area contributed by atoms with Crippen LogP contribution in [0.25, 0.3) is 0 Å². The van der Waals surface area contributed by atoms with Gasteiger partial charge in [0.05, 0.1) is 16.7 Å². The summed E-state index contributed by atoms with van der Waals surface area (Å²) in [7, 11) is 0. The van der Waals surface area contributed by atoms with Gasteiger partial charge in [-0.25, -0.2) is 4.79 Å². The van der Waals surface area contributed by atoms with Crippen LogP contribution in [0.4, 0.5) is 11.6 Å². The molecule has 3 aromatic rings. The van der Waals surface area contributed by atoms with Gasteiger partial charge < -0.3 is 29.2 Å². The summed E-state index contributed by atoms with van der Waals surface area (Å²) in [5, 5.41) is 11.9. The lowest BCUT2D eigenvalue weighted by atomic mass is 10.1. The molecule has 0 saturated heterocycles. The first-order chi connectivity index (χ1) is 18.1.